The molecule has 11 heteroatoms. The molecule has 1 aliphatic rings. The molecule has 0 unspecified atom stereocenters. The summed E-state index contributed by atoms with van der Waals surface area (Å²) in [5.41, 5.74) is 4.64. The summed E-state index contributed by atoms with van der Waals surface area (Å²) in [4.78, 5) is 33.4. The Morgan fingerprint density at radius 1 is 0.955 bits per heavy atom. The zero-order chi connectivity index (χ0) is 30.3. The highest BCUT2D eigenvalue weighted by atomic mass is 16.2. The van der Waals surface area contributed by atoms with Crippen molar-refractivity contribution in [3.63, 3.8) is 0 Å². The molecular formula is C33H32N10O. The van der Waals surface area contributed by atoms with Gasteiger partial charge in [-0.2, -0.15) is 10.4 Å². The number of pyridine rings is 2. The van der Waals surface area contributed by atoms with Crippen LogP contribution in [0, 0.1) is 11.3 Å². The van der Waals surface area contributed by atoms with Crippen LogP contribution >= 0.6 is 0 Å². The molecule has 0 aliphatic heterocycles. The molecule has 4 heterocycles. The number of urea groups is 1. The summed E-state index contributed by atoms with van der Waals surface area (Å²) in [5, 5.41) is 20.4. The number of aryl methyl sites for hydroxylation is 1. The molecule has 11 nitrogen and oxygen atoms in total. The summed E-state index contributed by atoms with van der Waals surface area (Å²) in [7, 11) is 1.88. The Balaban J connectivity index is 1.17. The fraction of sp³-hybridized carbons (Fsp3) is 0.242. The zero-order valence-electron chi connectivity index (χ0n) is 24.3. The van der Waals surface area contributed by atoms with Gasteiger partial charge >= 0.3 is 6.03 Å². The second-order valence-corrected chi connectivity index (χ2v) is 10.8. The number of nitriles is 1. The number of amides is 2. The third-order valence-electron chi connectivity index (χ3n) is 7.78. The highest BCUT2D eigenvalue weighted by Gasteiger charge is 2.31. The van der Waals surface area contributed by atoms with Crippen molar-refractivity contribution < 1.29 is 4.79 Å². The third-order valence-corrected chi connectivity index (χ3v) is 7.78. The van der Waals surface area contributed by atoms with Gasteiger partial charge < -0.3 is 10.6 Å². The van der Waals surface area contributed by atoms with Crippen LogP contribution in [0.1, 0.15) is 36.8 Å². The molecule has 1 aliphatic carbocycles. The maximum Gasteiger partial charge on any atom is 0.323 e. The lowest BCUT2D eigenvalue weighted by Gasteiger charge is -2.36. The maximum absolute atomic E-state index is 13.7. The molecular weight excluding hydrogens is 552 g/mol. The molecule has 44 heavy (non-hydrogen) atoms. The number of hydrogen-bond acceptors (Lipinski definition) is 8. The van der Waals surface area contributed by atoms with Crippen molar-refractivity contribution in [3.8, 4) is 28.5 Å². The van der Waals surface area contributed by atoms with Gasteiger partial charge in [0.2, 0.25) is 5.95 Å². The van der Waals surface area contributed by atoms with Crippen molar-refractivity contribution in [1.29, 1.82) is 5.26 Å². The smallest absolute Gasteiger partial charge is 0.323 e. The highest BCUT2D eigenvalue weighted by molar-refractivity contribution is 5.91. The number of anilines is 2. The number of nitrogens with zero attached hydrogens (tertiary/aromatic N) is 8. The largest absolute Gasteiger partial charge is 0.351 e. The quantitative estimate of drug-likeness (QED) is 0.249. The van der Waals surface area contributed by atoms with Crippen LogP contribution in [-0.2, 0) is 13.6 Å². The van der Waals surface area contributed by atoms with Crippen molar-refractivity contribution in [2.45, 2.75) is 44.3 Å². The van der Waals surface area contributed by atoms with Gasteiger partial charge in [0.25, 0.3) is 0 Å². The lowest BCUT2D eigenvalue weighted by molar-refractivity contribution is 0.240. The van der Waals surface area contributed by atoms with Gasteiger partial charge in [-0.05, 0) is 55.5 Å². The topological polar surface area (TPSA) is 138 Å². The Morgan fingerprint density at radius 3 is 2.48 bits per heavy atom. The number of carbonyl (C=O) groups excluding carboxylic acids is 1. The summed E-state index contributed by atoms with van der Waals surface area (Å²) >= 11 is 0. The van der Waals surface area contributed by atoms with Crippen molar-refractivity contribution in [3.05, 3.63) is 103 Å². The predicted molar refractivity (Wildman–Crippen MR) is 167 cm³/mol. The molecule has 220 valence electrons. The van der Waals surface area contributed by atoms with Crippen LogP contribution in [0.25, 0.3) is 22.4 Å². The van der Waals surface area contributed by atoms with E-state index in [1.165, 1.54) is 0 Å². The molecule has 0 spiro atoms. The lowest BCUT2D eigenvalue weighted by Crippen LogP contribution is -2.49. The molecule has 4 aromatic heterocycles. The Kier molecular flexibility index (Phi) is 8.50. The highest BCUT2D eigenvalue weighted by Crippen LogP contribution is 2.30. The van der Waals surface area contributed by atoms with Gasteiger partial charge in [0.15, 0.2) is 0 Å². The van der Waals surface area contributed by atoms with Crippen LogP contribution in [0.3, 0.4) is 0 Å². The Bertz CT molecular complexity index is 1740. The van der Waals surface area contributed by atoms with Crippen LogP contribution in [0.15, 0.2) is 91.8 Å². The number of aromatic nitrogens is 6. The average Bonchev–Trinajstić information content (AvgIpc) is 3.52. The third kappa shape index (κ3) is 6.55. The van der Waals surface area contributed by atoms with E-state index in [1.54, 1.807) is 40.6 Å². The minimum Gasteiger partial charge on any atom is -0.351 e. The molecule has 1 aromatic carbocycles. The first-order valence-corrected chi connectivity index (χ1v) is 14.6. The molecule has 0 atom stereocenters. The second-order valence-electron chi connectivity index (χ2n) is 10.8. The molecule has 1 saturated carbocycles. The van der Waals surface area contributed by atoms with Crippen LogP contribution in [0.5, 0.6) is 0 Å². The predicted octanol–water partition coefficient (Wildman–Crippen LogP) is 5.35. The summed E-state index contributed by atoms with van der Waals surface area (Å²) in [6.45, 7) is 0.427. The Labute approximate surface area is 255 Å². The minimum absolute atomic E-state index is 0.0339. The monoisotopic (exact) mass is 584 g/mol. The average molecular weight is 585 g/mol. The number of hydrogen-bond donors (Lipinski definition) is 2. The Hall–Kier alpha value is -5.63. The van der Waals surface area contributed by atoms with Gasteiger partial charge in [-0.3, -0.25) is 14.6 Å². The van der Waals surface area contributed by atoms with E-state index in [4.69, 9.17) is 4.98 Å². The van der Waals surface area contributed by atoms with E-state index in [0.717, 1.165) is 47.9 Å². The second kappa shape index (κ2) is 13.1. The number of benzene rings is 1. The molecule has 5 aromatic rings. The molecule has 6 rings (SSSR count). The molecule has 2 N–H and O–H groups in total. The van der Waals surface area contributed by atoms with Crippen LogP contribution in [-0.4, -0.2) is 47.8 Å². The van der Waals surface area contributed by atoms with Gasteiger partial charge in [0.05, 0.1) is 23.7 Å². The van der Waals surface area contributed by atoms with Crippen molar-refractivity contribution in [2.75, 3.05) is 10.2 Å². The molecule has 2 amide bonds. The fourth-order valence-corrected chi connectivity index (χ4v) is 5.50. The number of nitrogens with one attached hydrogen (secondary N) is 2. The van der Waals surface area contributed by atoms with Gasteiger partial charge in [-0.1, -0.05) is 30.3 Å². The first kappa shape index (κ1) is 28.5. The number of rotatable bonds is 8. The van der Waals surface area contributed by atoms with E-state index >= 15 is 0 Å². The summed E-state index contributed by atoms with van der Waals surface area (Å²) in [6.07, 6.45) is 13.6. The van der Waals surface area contributed by atoms with Crippen molar-refractivity contribution in [2.24, 2.45) is 7.05 Å². The maximum atomic E-state index is 13.7. The van der Waals surface area contributed by atoms with Crippen LogP contribution in [0.2, 0.25) is 0 Å². The van der Waals surface area contributed by atoms with Crippen LogP contribution < -0.4 is 15.5 Å². The molecule has 0 radical (unpaired) electrons. The van der Waals surface area contributed by atoms with Crippen molar-refractivity contribution in [1.82, 2.24) is 35.0 Å². The summed E-state index contributed by atoms with van der Waals surface area (Å²) in [6, 6.07) is 19.5. The molecule has 1 fully saturated rings. The standard InChI is InChI=1S/C33H32N10O/c1-42-22-27(21-39-42)24-9-14-30(36-19-24)43(33(44)38-17-23-6-3-2-4-7-23)29-12-10-28(11-13-29)40-32-37-20-26(16-34)31(41-32)25-8-5-15-35-18-25/h2-9,14-15,18-22,28-29H,10-13,17H2,1H3,(H,38,44)(H,37,40,41)/t28-,29-. The van der Waals surface area contributed by atoms with E-state index in [9.17, 15) is 10.1 Å². The van der Waals surface area contributed by atoms with Gasteiger partial charge in [0.1, 0.15) is 11.9 Å². The van der Waals surface area contributed by atoms with E-state index in [-0.39, 0.29) is 18.1 Å². The zero-order valence-corrected chi connectivity index (χ0v) is 24.3. The molecule has 0 saturated heterocycles. The SMILES string of the molecule is Cn1cc(-c2ccc(N(C(=O)NCc3ccccc3)[C@H]3CC[C@H](Nc4ncc(C#N)c(-c5cccnc5)n4)CC3)nc2)cn1. The van der Waals surface area contributed by atoms with E-state index in [2.05, 4.69) is 36.8 Å². The first-order chi connectivity index (χ1) is 21.6. The first-order valence-electron chi connectivity index (χ1n) is 14.6. The van der Waals surface area contributed by atoms with Crippen molar-refractivity contribution >= 4 is 17.8 Å². The van der Waals surface area contributed by atoms with E-state index < -0.39 is 0 Å². The van der Waals surface area contributed by atoms with Gasteiger partial charge in [0, 0.05) is 67.2 Å². The molecule has 0 bridgehead atoms. The van der Waals surface area contributed by atoms with Gasteiger partial charge in [-0.25, -0.2) is 19.7 Å². The van der Waals surface area contributed by atoms with E-state index in [0.29, 0.717) is 29.6 Å². The fourth-order valence-electron chi connectivity index (χ4n) is 5.50. The lowest BCUT2D eigenvalue weighted by atomic mass is 9.90. The Morgan fingerprint density at radius 2 is 1.80 bits per heavy atom. The van der Waals surface area contributed by atoms with E-state index in [1.807, 2.05) is 67.8 Å². The minimum atomic E-state index is -0.177. The normalized spacial score (nSPS) is 16.1. The van der Waals surface area contributed by atoms with Crippen LogP contribution in [0.4, 0.5) is 16.6 Å². The number of carbonyl (C=O) groups is 1. The summed E-state index contributed by atoms with van der Waals surface area (Å²) in [5.74, 6) is 1.08. The van der Waals surface area contributed by atoms with Gasteiger partial charge in [-0.15, -0.1) is 0 Å². The summed E-state index contributed by atoms with van der Waals surface area (Å²) < 4.78 is 1.75.